The minimum atomic E-state index is -2.78. The van der Waals surface area contributed by atoms with Crippen molar-refractivity contribution in [3.8, 4) is 5.75 Å². The summed E-state index contributed by atoms with van der Waals surface area (Å²) in [7, 11) is 0. The van der Waals surface area contributed by atoms with Crippen LogP contribution in [0.5, 0.6) is 5.75 Å². The number of rotatable bonds is 7. The summed E-state index contributed by atoms with van der Waals surface area (Å²) in [6.45, 7) is 4.26. The number of piperidine rings is 1. The highest BCUT2D eigenvalue weighted by molar-refractivity contribution is 5.33. The molecule has 118 valence electrons. The molecule has 2 rings (SSSR count). The first-order valence-corrected chi connectivity index (χ1v) is 7.61. The highest BCUT2D eigenvalue weighted by atomic mass is 19.3. The van der Waals surface area contributed by atoms with Crippen LogP contribution in [-0.2, 0) is 6.54 Å². The van der Waals surface area contributed by atoms with Gasteiger partial charge in [0.2, 0.25) is 0 Å². The minimum absolute atomic E-state index is 0.256. The Bertz CT molecular complexity index is 420. The van der Waals surface area contributed by atoms with Gasteiger partial charge < -0.3 is 15.0 Å². The average molecular weight is 298 g/mol. The van der Waals surface area contributed by atoms with Crippen molar-refractivity contribution in [1.29, 1.82) is 0 Å². The van der Waals surface area contributed by atoms with Crippen molar-refractivity contribution < 1.29 is 13.5 Å². The molecule has 1 saturated heterocycles. The van der Waals surface area contributed by atoms with Crippen LogP contribution in [0.2, 0.25) is 0 Å². The quantitative estimate of drug-likeness (QED) is 0.783. The van der Waals surface area contributed by atoms with E-state index in [9.17, 15) is 8.78 Å². The Morgan fingerprint density at radius 1 is 1.29 bits per heavy atom. The zero-order valence-corrected chi connectivity index (χ0v) is 12.5. The number of hydrogen-bond donors (Lipinski definition) is 1. The van der Waals surface area contributed by atoms with Crippen LogP contribution in [0.3, 0.4) is 0 Å². The van der Waals surface area contributed by atoms with Crippen molar-refractivity contribution in [3.63, 3.8) is 0 Å². The molecule has 0 atom stereocenters. The van der Waals surface area contributed by atoms with Crippen LogP contribution in [0.4, 0.5) is 8.78 Å². The van der Waals surface area contributed by atoms with Gasteiger partial charge in [0.05, 0.1) is 0 Å². The monoisotopic (exact) mass is 298 g/mol. The number of ether oxygens (including phenoxy) is 1. The average Bonchev–Trinajstić information content (AvgIpc) is 2.46. The molecule has 5 heteroatoms. The molecular formula is C16H24F2N2O. The Kier molecular flexibility index (Phi) is 6.39. The largest absolute Gasteiger partial charge is 0.434 e. The van der Waals surface area contributed by atoms with Gasteiger partial charge in [-0.2, -0.15) is 8.78 Å². The fourth-order valence-electron chi connectivity index (χ4n) is 2.61. The summed E-state index contributed by atoms with van der Waals surface area (Å²) >= 11 is 0. The third-order valence-corrected chi connectivity index (χ3v) is 3.99. The lowest BCUT2D eigenvalue weighted by molar-refractivity contribution is -0.0504. The number of nitrogens with zero attached hydrogens (tertiary/aromatic N) is 1. The highest BCUT2D eigenvalue weighted by Crippen LogP contribution is 2.20. The van der Waals surface area contributed by atoms with Gasteiger partial charge in [0, 0.05) is 25.2 Å². The second kappa shape index (κ2) is 8.29. The topological polar surface area (TPSA) is 24.5 Å². The SMILES string of the molecule is CC1CCN(CCNCc2ccccc2OC(F)F)CC1. The van der Waals surface area contributed by atoms with Crippen molar-refractivity contribution >= 4 is 0 Å². The van der Waals surface area contributed by atoms with E-state index >= 15 is 0 Å². The predicted octanol–water partition coefficient (Wildman–Crippen LogP) is 3.11. The van der Waals surface area contributed by atoms with Crippen LogP contribution in [0.15, 0.2) is 24.3 Å². The molecule has 0 aliphatic carbocycles. The number of likely N-dealkylation sites (tertiary alicyclic amines) is 1. The first-order chi connectivity index (χ1) is 10.1. The molecule has 0 unspecified atom stereocenters. The van der Waals surface area contributed by atoms with E-state index in [1.54, 1.807) is 12.1 Å². The zero-order chi connectivity index (χ0) is 15.1. The van der Waals surface area contributed by atoms with Gasteiger partial charge in [-0.15, -0.1) is 0 Å². The van der Waals surface area contributed by atoms with E-state index in [0.717, 1.165) is 37.7 Å². The van der Waals surface area contributed by atoms with Gasteiger partial charge in [0.25, 0.3) is 0 Å². The Hall–Kier alpha value is -1.20. The first-order valence-electron chi connectivity index (χ1n) is 7.61. The third kappa shape index (κ3) is 5.59. The fourth-order valence-corrected chi connectivity index (χ4v) is 2.61. The Balaban J connectivity index is 1.71. The van der Waals surface area contributed by atoms with E-state index in [1.165, 1.54) is 12.8 Å². The lowest BCUT2D eigenvalue weighted by atomic mass is 9.99. The smallest absolute Gasteiger partial charge is 0.387 e. The van der Waals surface area contributed by atoms with Gasteiger partial charge in [0.1, 0.15) is 5.75 Å². The van der Waals surface area contributed by atoms with Gasteiger partial charge in [-0.25, -0.2) is 0 Å². The summed E-state index contributed by atoms with van der Waals surface area (Å²) in [6, 6.07) is 6.93. The third-order valence-electron chi connectivity index (χ3n) is 3.99. The van der Waals surface area contributed by atoms with Crippen LogP contribution in [0.25, 0.3) is 0 Å². The van der Waals surface area contributed by atoms with Gasteiger partial charge >= 0.3 is 6.61 Å². The van der Waals surface area contributed by atoms with E-state index in [4.69, 9.17) is 0 Å². The van der Waals surface area contributed by atoms with Crippen LogP contribution in [-0.4, -0.2) is 37.7 Å². The second-order valence-corrected chi connectivity index (χ2v) is 5.69. The highest BCUT2D eigenvalue weighted by Gasteiger charge is 2.15. The number of benzene rings is 1. The summed E-state index contributed by atoms with van der Waals surface area (Å²) in [4.78, 5) is 2.45. The van der Waals surface area contributed by atoms with Gasteiger partial charge in [0.15, 0.2) is 0 Å². The maximum Gasteiger partial charge on any atom is 0.387 e. The van der Waals surface area contributed by atoms with Crippen LogP contribution in [0, 0.1) is 5.92 Å². The summed E-state index contributed by atoms with van der Waals surface area (Å²) < 4.78 is 29.1. The molecule has 1 N–H and O–H groups in total. The van der Waals surface area contributed by atoms with E-state index in [1.807, 2.05) is 12.1 Å². The number of hydrogen-bond acceptors (Lipinski definition) is 3. The maximum absolute atomic E-state index is 12.3. The molecule has 1 aromatic rings. The maximum atomic E-state index is 12.3. The van der Waals surface area contributed by atoms with Crippen molar-refractivity contribution in [3.05, 3.63) is 29.8 Å². The zero-order valence-electron chi connectivity index (χ0n) is 12.5. The van der Waals surface area contributed by atoms with Crippen LogP contribution < -0.4 is 10.1 Å². The fraction of sp³-hybridized carbons (Fsp3) is 0.625. The normalized spacial score (nSPS) is 17.3. The second-order valence-electron chi connectivity index (χ2n) is 5.69. The van der Waals surface area contributed by atoms with Crippen molar-refractivity contribution in [2.75, 3.05) is 26.2 Å². The summed E-state index contributed by atoms with van der Waals surface area (Å²) in [5.41, 5.74) is 0.769. The Morgan fingerprint density at radius 2 is 2.00 bits per heavy atom. The van der Waals surface area contributed by atoms with Crippen molar-refractivity contribution in [2.45, 2.75) is 32.9 Å². The number of alkyl halides is 2. The van der Waals surface area contributed by atoms with Crippen molar-refractivity contribution in [2.24, 2.45) is 5.92 Å². The number of halogens is 2. The summed E-state index contributed by atoms with van der Waals surface area (Å²) in [5.74, 6) is 1.10. The molecule has 0 saturated carbocycles. The number of nitrogens with one attached hydrogen (secondary N) is 1. The molecule has 21 heavy (non-hydrogen) atoms. The van der Waals surface area contributed by atoms with E-state index in [2.05, 4.69) is 21.9 Å². The van der Waals surface area contributed by atoms with Gasteiger partial charge in [-0.3, -0.25) is 0 Å². The van der Waals surface area contributed by atoms with Gasteiger partial charge in [-0.1, -0.05) is 25.1 Å². The molecule has 0 bridgehead atoms. The molecule has 3 nitrogen and oxygen atoms in total. The van der Waals surface area contributed by atoms with Crippen LogP contribution in [0.1, 0.15) is 25.3 Å². The Morgan fingerprint density at radius 3 is 2.71 bits per heavy atom. The molecular weight excluding hydrogens is 274 g/mol. The molecule has 0 radical (unpaired) electrons. The van der Waals surface area contributed by atoms with E-state index in [0.29, 0.717) is 6.54 Å². The molecule has 0 spiro atoms. The predicted molar refractivity (Wildman–Crippen MR) is 79.6 cm³/mol. The lowest BCUT2D eigenvalue weighted by Crippen LogP contribution is -2.37. The molecule has 1 aliphatic rings. The molecule has 1 heterocycles. The standard InChI is InChI=1S/C16H24F2N2O/c1-13-6-9-20(10-7-13)11-8-19-12-14-4-2-3-5-15(14)21-16(17)18/h2-5,13,16,19H,6-12H2,1H3. The molecule has 1 fully saturated rings. The first kappa shape index (κ1) is 16.2. The molecule has 1 aromatic carbocycles. The Labute approximate surface area is 125 Å². The van der Waals surface area contributed by atoms with Crippen molar-refractivity contribution in [1.82, 2.24) is 10.2 Å². The molecule has 1 aliphatic heterocycles. The van der Waals surface area contributed by atoms with E-state index in [-0.39, 0.29) is 5.75 Å². The summed E-state index contributed by atoms with van der Waals surface area (Å²) in [5, 5.41) is 3.31. The summed E-state index contributed by atoms with van der Waals surface area (Å²) in [6.07, 6.45) is 2.54. The minimum Gasteiger partial charge on any atom is -0.434 e. The number of para-hydroxylation sites is 1. The van der Waals surface area contributed by atoms with E-state index < -0.39 is 6.61 Å². The lowest BCUT2D eigenvalue weighted by Gasteiger charge is -2.30. The van der Waals surface area contributed by atoms with Crippen LogP contribution >= 0.6 is 0 Å². The molecule has 0 aromatic heterocycles. The van der Waals surface area contributed by atoms with Gasteiger partial charge in [-0.05, 0) is 37.9 Å². The molecule has 0 amide bonds.